The lowest BCUT2D eigenvalue weighted by Gasteiger charge is -2.28. The number of imidazole rings is 1. The van der Waals surface area contributed by atoms with Gasteiger partial charge >= 0.3 is 0 Å². The Morgan fingerprint density at radius 3 is 2.71 bits per heavy atom. The second kappa shape index (κ2) is 8.63. The Labute approximate surface area is 182 Å². The number of hydrogen-bond acceptors (Lipinski definition) is 6. The molecule has 31 heavy (non-hydrogen) atoms. The highest BCUT2D eigenvalue weighted by Gasteiger charge is 2.33. The average Bonchev–Trinajstić information content (AvgIpc) is 3.20. The molecule has 4 rings (SSSR count). The first-order valence-corrected chi connectivity index (χ1v) is 10.8. The van der Waals surface area contributed by atoms with Crippen molar-refractivity contribution in [3.63, 3.8) is 0 Å². The van der Waals surface area contributed by atoms with Crippen LogP contribution in [-0.4, -0.2) is 32.1 Å². The molecule has 8 heteroatoms. The lowest BCUT2D eigenvalue weighted by Crippen LogP contribution is -2.38. The number of carbonyl (C=O) groups is 1. The van der Waals surface area contributed by atoms with E-state index in [1.807, 2.05) is 39.0 Å². The van der Waals surface area contributed by atoms with Gasteiger partial charge in [0.15, 0.2) is 5.82 Å². The number of aryl methyl sites for hydroxylation is 1. The second-order valence-corrected chi connectivity index (χ2v) is 9.10. The van der Waals surface area contributed by atoms with Gasteiger partial charge in [-0.05, 0) is 25.3 Å². The van der Waals surface area contributed by atoms with Crippen molar-refractivity contribution in [2.75, 3.05) is 6.54 Å². The molecule has 164 valence electrons. The maximum atomic E-state index is 13.1. The third kappa shape index (κ3) is 4.69. The first-order chi connectivity index (χ1) is 14.8. The molecule has 1 atom stereocenters. The van der Waals surface area contributed by atoms with E-state index in [4.69, 9.17) is 9.51 Å². The number of amides is 1. The average molecular weight is 423 g/mol. The molecule has 3 aromatic rings. The van der Waals surface area contributed by atoms with E-state index < -0.39 is 0 Å². The number of carbonyl (C=O) groups excluding carboxylic acids is 1. The molecule has 0 aliphatic carbocycles. The Balaban J connectivity index is 1.61. The molecule has 1 aliphatic heterocycles. The highest BCUT2D eigenvalue weighted by atomic mass is 16.5. The molecule has 0 saturated carbocycles. The Morgan fingerprint density at radius 1 is 1.26 bits per heavy atom. The van der Waals surface area contributed by atoms with E-state index >= 15 is 0 Å². The Hall–Kier alpha value is -3.00. The van der Waals surface area contributed by atoms with Gasteiger partial charge in [-0.3, -0.25) is 4.79 Å². The van der Waals surface area contributed by atoms with Crippen LogP contribution in [0.2, 0.25) is 0 Å². The smallest absolute Gasteiger partial charge is 0.249 e. The summed E-state index contributed by atoms with van der Waals surface area (Å²) in [5.74, 6) is 1.78. The van der Waals surface area contributed by atoms with Crippen LogP contribution in [0.5, 0.6) is 0 Å². The van der Waals surface area contributed by atoms with Crippen molar-refractivity contribution in [2.24, 2.45) is 5.41 Å². The van der Waals surface area contributed by atoms with Crippen molar-refractivity contribution in [1.29, 1.82) is 0 Å². The summed E-state index contributed by atoms with van der Waals surface area (Å²) in [5, 5.41) is 10.4. The minimum atomic E-state index is -0.380. The molecule has 1 aromatic carbocycles. The van der Waals surface area contributed by atoms with Crippen molar-refractivity contribution in [1.82, 2.24) is 30.3 Å². The van der Waals surface area contributed by atoms with Crippen molar-refractivity contribution in [3.05, 3.63) is 53.4 Å². The fraction of sp³-hybridized carbons (Fsp3) is 0.478. The van der Waals surface area contributed by atoms with Crippen LogP contribution in [0.25, 0.3) is 11.4 Å². The van der Waals surface area contributed by atoms with Gasteiger partial charge in [-0.2, -0.15) is 4.98 Å². The number of aromatic nitrogens is 4. The molecule has 0 fully saturated rings. The van der Waals surface area contributed by atoms with Gasteiger partial charge in [0.2, 0.25) is 11.8 Å². The second-order valence-electron chi connectivity index (χ2n) is 9.10. The first-order valence-electron chi connectivity index (χ1n) is 10.8. The minimum absolute atomic E-state index is 0.111. The van der Waals surface area contributed by atoms with E-state index in [9.17, 15) is 4.79 Å². The molecule has 3 heterocycles. The van der Waals surface area contributed by atoms with Crippen LogP contribution in [0.4, 0.5) is 0 Å². The predicted octanol–water partition coefficient (Wildman–Crippen LogP) is 3.18. The van der Waals surface area contributed by atoms with Gasteiger partial charge in [-0.1, -0.05) is 56.3 Å². The van der Waals surface area contributed by atoms with Crippen molar-refractivity contribution >= 4 is 5.91 Å². The standard InChI is InChI=1S/C23H30N6O2/c1-15-25-22(31-28-15)20(23(2,3)4)27-19(30)13-17-18-14-24-11-8-12-29(18)21(26-17)16-9-6-5-7-10-16/h5-7,9-10,20,24H,8,11-14H2,1-4H3,(H,27,30)/t20-/m1/s1. The zero-order valence-corrected chi connectivity index (χ0v) is 18.6. The quantitative estimate of drug-likeness (QED) is 0.655. The fourth-order valence-electron chi connectivity index (χ4n) is 3.94. The normalized spacial score (nSPS) is 15.2. The van der Waals surface area contributed by atoms with E-state index in [-0.39, 0.29) is 23.8 Å². The zero-order chi connectivity index (χ0) is 22.0. The van der Waals surface area contributed by atoms with Gasteiger partial charge in [0.25, 0.3) is 0 Å². The maximum absolute atomic E-state index is 13.1. The van der Waals surface area contributed by atoms with Crippen LogP contribution < -0.4 is 10.6 Å². The maximum Gasteiger partial charge on any atom is 0.249 e. The fourth-order valence-corrected chi connectivity index (χ4v) is 3.94. The van der Waals surface area contributed by atoms with Gasteiger partial charge in [-0.25, -0.2) is 4.98 Å². The SMILES string of the molecule is Cc1noc([C@@H](NC(=O)Cc2nc(-c3ccccc3)n3c2CNCCC3)C(C)(C)C)n1. The summed E-state index contributed by atoms with van der Waals surface area (Å²) in [5.41, 5.74) is 2.66. The summed E-state index contributed by atoms with van der Waals surface area (Å²) in [6.07, 6.45) is 1.22. The summed E-state index contributed by atoms with van der Waals surface area (Å²) < 4.78 is 7.62. The number of hydrogen-bond donors (Lipinski definition) is 2. The van der Waals surface area contributed by atoms with Crippen LogP contribution in [0, 0.1) is 12.3 Å². The predicted molar refractivity (Wildman–Crippen MR) is 117 cm³/mol. The van der Waals surface area contributed by atoms with Crippen molar-refractivity contribution < 1.29 is 9.32 Å². The third-order valence-corrected chi connectivity index (χ3v) is 5.50. The summed E-state index contributed by atoms with van der Waals surface area (Å²) in [6.45, 7) is 10.4. The van der Waals surface area contributed by atoms with Crippen molar-refractivity contribution in [2.45, 2.75) is 59.7 Å². The Bertz CT molecular complexity index is 1050. The molecule has 0 spiro atoms. The van der Waals surface area contributed by atoms with Crippen LogP contribution in [0.15, 0.2) is 34.9 Å². The van der Waals surface area contributed by atoms with E-state index in [1.54, 1.807) is 6.92 Å². The molecular weight excluding hydrogens is 392 g/mol. The van der Waals surface area contributed by atoms with E-state index in [1.165, 1.54) is 0 Å². The molecule has 0 saturated heterocycles. The molecular formula is C23H30N6O2. The summed E-state index contributed by atoms with van der Waals surface area (Å²) in [7, 11) is 0. The molecule has 2 N–H and O–H groups in total. The van der Waals surface area contributed by atoms with Gasteiger partial charge in [-0.15, -0.1) is 0 Å². The molecule has 0 bridgehead atoms. The van der Waals surface area contributed by atoms with Crippen molar-refractivity contribution in [3.8, 4) is 11.4 Å². The third-order valence-electron chi connectivity index (χ3n) is 5.50. The monoisotopic (exact) mass is 422 g/mol. The molecule has 1 amide bonds. The zero-order valence-electron chi connectivity index (χ0n) is 18.6. The lowest BCUT2D eigenvalue weighted by molar-refractivity contribution is -0.122. The number of nitrogens with one attached hydrogen (secondary N) is 2. The van der Waals surface area contributed by atoms with Gasteiger partial charge in [0.1, 0.15) is 11.9 Å². The topological polar surface area (TPSA) is 97.9 Å². The largest absolute Gasteiger partial charge is 0.343 e. The Kier molecular flexibility index (Phi) is 5.91. The van der Waals surface area contributed by atoms with E-state index in [2.05, 4.69) is 37.5 Å². The minimum Gasteiger partial charge on any atom is -0.343 e. The van der Waals surface area contributed by atoms with Gasteiger partial charge < -0.3 is 19.7 Å². The highest BCUT2D eigenvalue weighted by molar-refractivity contribution is 5.79. The van der Waals surface area contributed by atoms with Crippen LogP contribution in [-0.2, 0) is 24.3 Å². The van der Waals surface area contributed by atoms with E-state index in [0.29, 0.717) is 18.3 Å². The number of nitrogens with zero attached hydrogens (tertiary/aromatic N) is 4. The first kappa shape index (κ1) is 21.2. The summed E-state index contributed by atoms with van der Waals surface area (Å²) in [6, 6.07) is 9.76. The van der Waals surface area contributed by atoms with Crippen LogP contribution in [0.3, 0.4) is 0 Å². The number of rotatable bonds is 5. The number of fused-ring (bicyclic) bond motifs is 1. The summed E-state index contributed by atoms with van der Waals surface area (Å²) in [4.78, 5) is 22.3. The number of benzene rings is 1. The Morgan fingerprint density at radius 2 is 2.03 bits per heavy atom. The van der Waals surface area contributed by atoms with E-state index in [0.717, 1.165) is 42.3 Å². The summed E-state index contributed by atoms with van der Waals surface area (Å²) >= 11 is 0. The molecule has 0 unspecified atom stereocenters. The highest BCUT2D eigenvalue weighted by Crippen LogP contribution is 2.32. The van der Waals surface area contributed by atoms with Gasteiger partial charge in [0.05, 0.1) is 17.8 Å². The van der Waals surface area contributed by atoms with Crippen LogP contribution in [0.1, 0.15) is 56.3 Å². The van der Waals surface area contributed by atoms with Crippen LogP contribution >= 0.6 is 0 Å². The van der Waals surface area contributed by atoms with Gasteiger partial charge in [0, 0.05) is 18.7 Å². The molecule has 2 aromatic heterocycles. The molecule has 0 radical (unpaired) electrons. The molecule has 1 aliphatic rings. The molecule has 8 nitrogen and oxygen atoms in total. The lowest BCUT2D eigenvalue weighted by atomic mass is 9.86.